The van der Waals surface area contributed by atoms with Gasteiger partial charge in [-0.05, 0) is 46.5 Å². The van der Waals surface area contributed by atoms with Crippen molar-refractivity contribution in [3.63, 3.8) is 0 Å². The van der Waals surface area contributed by atoms with E-state index in [1.807, 2.05) is 45.0 Å². The first-order valence-electron chi connectivity index (χ1n) is 8.30. The normalized spacial score (nSPS) is 10.9. The molecule has 0 aliphatic carbocycles. The first kappa shape index (κ1) is 19.3. The van der Waals surface area contributed by atoms with E-state index in [0.29, 0.717) is 24.5 Å². The number of carbonyl (C=O) groups is 1. The summed E-state index contributed by atoms with van der Waals surface area (Å²) in [5, 5.41) is 3.34. The smallest absolute Gasteiger partial charge is 0.341 e. The Morgan fingerprint density at radius 2 is 2.04 bits per heavy atom. The number of anilines is 1. The lowest BCUT2D eigenvalue weighted by Crippen LogP contribution is -2.20. The third-order valence-electron chi connectivity index (χ3n) is 3.20. The summed E-state index contributed by atoms with van der Waals surface area (Å²) in [6.45, 7) is 8.01. The molecule has 0 radical (unpaired) electrons. The Hall–Kier alpha value is -1.75. The van der Waals surface area contributed by atoms with Crippen molar-refractivity contribution in [1.82, 2.24) is 4.90 Å². The lowest BCUT2D eigenvalue weighted by atomic mass is 10.1. The minimum Gasteiger partial charge on any atom is -0.490 e. The van der Waals surface area contributed by atoms with Crippen molar-refractivity contribution >= 4 is 11.7 Å². The molecule has 0 saturated heterocycles. The molecule has 0 aromatic heterocycles. The first-order chi connectivity index (χ1) is 10.9. The van der Waals surface area contributed by atoms with E-state index in [1.54, 1.807) is 6.07 Å². The Morgan fingerprint density at radius 1 is 1.30 bits per heavy atom. The van der Waals surface area contributed by atoms with Gasteiger partial charge in [0, 0.05) is 24.8 Å². The topological polar surface area (TPSA) is 50.8 Å². The number of ether oxygens (including phenoxy) is 2. The summed E-state index contributed by atoms with van der Waals surface area (Å²) in [5.41, 5.74) is 1.43. The second-order valence-corrected chi connectivity index (χ2v) is 6.10. The van der Waals surface area contributed by atoms with Gasteiger partial charge in [0.1, 0.15) is 17.9 Å². The Labute approximate surface area is 140 Å². The van der Waals surface area contributed by atoms with Crippen molar-refractivity contribution in [1.29, 1.82) is 0 Å². The van der Waals surface area contributed by atoms with Crippen molar-refractivity contribution in [3.05, 3.63) is 23.8 Å². The predicted octanol–water partition coefficient (Wildman–Crippen LogP) is 3.40. The summed E-state index contributed by atoms with van der Waals surface area (Å²) in [5.74, 6) is 0.221. The molecular weight excluding hydrogens is 292 g/mol. The highest BCUT2D eigenvalue weighted by atomic mass is 16.5. The van der Waals surface area contributed by atoms with Gasteiger partial charge in [0.15, 0.2) is 0 Å². The second kappa shape index (κ2) is 10.1. The molecule has 1 rings (SSSR count). The fourth-order valence-electron chi connectivity index (χ4n) is 1.96. The van der Waals surface area contributed by atoms with E-state index in [4.69, 9.17) is 9.47 Å². The molecule has 0 atom stereocenters. The number of hydrogen-bond acceptors (Lipinski definition) is 5. The fourth-order valence-corrected chi connectivity index (χ4v) is 1.96. The summed E-state index contributed by atoms with van der Waals surface area (Å²) in [4.78, 5) is 14.2. The van der Waals surface area contributed by atoms with Crippen LogP contribution < -0.4 is 10.1 Å². The molecule has 130 valence electrons. The average molecular weight is 322 g/mol. The van der Waals surface area contributed by atoms with Gasteiger partial charge in [-0.25, -0.2) is 4.79 Å². The van der Waals surface area contributed by atoms with Crippen LogP contribution in [0.3, 0.4) is 0 Å². The number of unbranched alkanes of at least 4 members (excludes halogenated alkanes) is 1. The van der Waals surface area contributed by atoms with Crippen LogP contribution in [-0.4, -0.2) is 50.8 Å². The van der Waals surface area contributed by atoms with Gasteiger partial charge in [0.2, 0.25) is 0 Å². The van der Waals surface area contributed by atoms with Crippen molar-refractivity contribution in [2.24, 2.45) is 0 Å². The largest absolute Gasteiger partial charge is 0.490 e. The van der Waals surface area contributed by atoms with Gasteiger partial charge in [-0.15, -0.1) is 0 Å². The molecule has 0 saturated carbocycles. The summed E-state index contributed by atoms with van der Waals surface area (Å²) >= 11 is 0. The number of carbonyl (C=O) groups excluding carboxylic acids is 1. The number of benzene rings is 1. The van der Waals surface area contributed by atoms with Gasteiger partial charge in [-0.2, -0.15) is 0 Å². The maximum atomic E-state index is 12.3. The molecule has 0 heterocycles. The third kappa shape index (κ3) is 7.37. The van der Waals surface area contributed by atoms with Crippen molar-refractivity contribution in [2.75, 3.05) is 39.1 Å². The van der Waals surface area contributed by atoms with Crippen molar-refractivity contribution < 1.29 is 14.3 Å². The van der Waals surface area contributed by atoms with Gasteiger partial charge < -0.3 is 19.7 Å². The molecule has 1 aromatic carbocycles. The molecule has 5 nitrogen and oxygen atoms in total. The Bertz CT molecular complexity index is 487. The highest BCUT2D eigenvalue weighted by molar-refractivity contribution is 5.93. The van der Waals surface area contributed by atoms with Crippen molar-refractivity contribution in [3.8, 4) is 5.75 Å². The molecule has 0 aliphatic rings. The average Bonchev–Trinajstić information content (AvgIpc) is 2.46. The highest BCUT2D eigenvalue weighted by Gasteiger charge is 2.16. The maximum absolute atomic E-state index is 12.3. The van der Waals surface area contributed by atoms with Gasteiger partial charge >= 0.3 is 5.97 Å². The van der Waals surface area contributed by atoms with Gasteiger partial charge in [-0.3, -0.25) is 0 Å². The van der Waals surface area contributed by atoms with E-state index >= 15 is 0 Å². The molecule has 0 bridgehead atoms. The predicted molar refractivity (Wildman–Crippen MR) is 94.4 cm³/mol. The van der Waals surface area contributed by atoms with Crippen LogP contribution >= 0.6 is 0 Å². The zero-order chi connectivity index (χ0) is 17.2. The summed E-state index contributed by atoms with van der Waals surface area (Å²) in [6, 6.07) is 5.54. The van der Waals surface area contributed by atoms with Crippen LogP contribution in [0.4, 0.5) is 5.69 Å². The van der Waals surface area contributed by atoms with Gasteiger partial charge in [-0.1, -0.05) is 13.3 Å². The molecule has 0 amide bonds. The van der Waals surface area contributed by atoms with Gasteiger partial charge in [0.05, 0.1) is 6.10 Å². The molecule has 1 aromatic rings. The Balaban J connectivity index is 2.81. The van der Waals surface area contributed by atoms with Crippen LogP contribution in [0.1, 0.15) is 44.0 Å². The number of hydrogen-bond donors (Lipinski definition) is 1. The molecule has 5 heteroatoms. The molecule has 1 N–H and O–H groups in total. The molecule has 0 aliphatic heterocycles. The van der Waals surface area contributed by atoms with Crippen LogP contribution in [0.15, 0.2) is 18.2 Å². The minimum atomic E-state index is -0.345. The number of likely N-dealkylation sites (N-methyl/N-ethyl adjacent to an activating group) is 1. The Morgan fingerprint density at radius 3 is 2.65 bits per heavy atom. The molecule has 0 unspecified atom stereocenters. The second-order valence-electron chi connectivity index (χ2n) is 6.10. The van der Waals surface area contributed by atoms with E-state index < -0.39 is 0 Å². The summed E-state index contributed by atoms with van der Waals surface area (Å²) in [7, 11) is 3.88. The molecule has 0 spiro atoms. The SMILES string of the molecule is CCCCNc1ccc(C(=O)OCCN(C)C)c(OC(C)C)c1. The lowest BCUT2D eigenvalue weighted by molar-refractivity contribution is 0.0476. The van der Waals surface area contributed by atoms with Crippen LogP contribution in [-0.2, 0) is 4.74 Å². The lowest BCUT2D eigenvalue weighted by Gasteiger charge is -2.16. The third-order valence-corrected chi connectivity index (χ3v) is 3.20. The van der Waals surface area contributed by atoms with Crippen LogP contribution in [0, 0.1) is 0 Å². The number of rotatable bonds is 10. The Kier molecular flexibility index (Phi) is 8.48. The quantitative estimate of drug-likeness (QED) is 0.528. The van der Waals surface area contributed by atoms with E-state index in [1.165, 1.54) is 0 Å². The van der Waals surface area contributed by atoms with Gasteiger partial charge in [0.25, 0.3) is 0 Å². The summed E-state index contributed by atoms with van der Waals surface area (Å²) < 4.78 is 11.1. The first-order valence-corrected chi connectivity index (χ1v) is 8.30. The minimum absolute atomic E-state index is 0.00535. The molecular formula is C18H30N2O3. The number of nitrogens with one attached hydrogen (secondary N) is 1. The zero-order valence-corrected chi connectivity index (χ0v) is 15.0. The zero-order valence-electron chi connectivity index (χ0n) is 15.0. The maximum Gasteiger partial charge on any atom is 0.341 e. The van der Waals surface area contributed by atoms with Crippen LogP contribution in [0.25, 0.3) is 0 Å². The standard InChI is InChI=1S/C18H30N2O3/c1-6-7-10-19-15-8-9-16(17(13-15)23-14(2)3)18(21)22-12-11-20(4)5/h8-9,13-14,19H,6-7,10-12H2,1-5H3. The van der Waals surface area contributed by atoms with Crippen LogP contribution in [0.2, 0.25) is 0 Å². The highest BCUT2D eigenvalue weighted by Crippen LogP contribution is 2.25. The van der Waals surface area contributed by atoms with Crippen LogP contribution in [0.5, 0.6) is 5.75 Å². The van der Waals surface area contributed by atoms with E-state index in [9.17, 15) is 4.79 Å². The van der Waals surface area contributed by atoms with E-state index in [-0.39, 0.29) is 12.1 Å². The molecule has 23 heavy (non-hydrogen) atoms. The molecule has 0 fully saturated rings. The fraction of sp³-hybridized carbons (Fsp3) is 0.611. The number of nitrogens with zero attached hydrogens (tertiary/aromatic N) is 1. The number of esters is 1. The van der Waals surface area contributed by atoms with Crippen molar-refractivity contribution in [2.45, 2.75) is 39.7 Å². The van der Waals surface area contributed by atoms with E-state index in [0.717, 1.165) is 25.1 Å². The monoisotopic (exact) mass is 322 g/mol. The van der Waals surface area contributed by atoms with E-state index in [2.05, 4.69) is 12.2 Å². The summed E-state index contributed by atoms with van der Waals surface area (Å²) in [6.07, 6.45) is 2.24.